The SMILES string of the molecule is CC(NC(=O)C(O)NC(=O)CN(CCN(CC(=O)O)CC(=O)O)CC(=O)Cc1c(O)ccc2ccccc12)c1ccccc1. The molecule has 0 saturated carbocycles. The molecular formula is C31H36N4O9. The molecule has 2 amide bonds. The standard InChI is InChI=1S/C31H36N4O9/c1-20(21-7-3-2-4-8-21)32-30(43)31(44)33-27(38)17-34(13-14-35(18-28(39)40)19-29(41)42)16-23(36)15-25-24-10-6-5-9-22(24)11-12-26(25)37/h2-12,20,31,37,44H,13-19H2,1H3,(H,32,43)(H,33,38)(H,39,40)(H,41,42). The van der Waals surface area contributed by atoms with E-state index < -0.39 is 55.7 Å². The van der Waals surface area contributed by atoms with Crippen LogP contribution in [0, 0.1) is 0 Å². The van der Waals surface area contributed by atoms with Crippen LogP contribution in [0.1, 0.15) is 24.1 Å². The monoisotopic (exact) mass is 608 g/mol. The summed E-state index contributed by atoms with van der Waals surface area (Å²) in [6.07, 6.45) is -2.07. The van der Waals surface area contributed by atoms with Gasteiger partial charge in [0.2, 0.25) is 12.1 Å². The van der Waals surface area contributed by atoms with Gasteiger partial charge in [-0.25, -0.2) is 0 Å². The molecule has 0 aromatic heterocycles. The Morgan fingerprint density at radius 3 is 1.98 bits per heavy atom. The van der Waals surface area contributed by atoms with Gasteiger partial charge in [-0.3, -0.25) is 33.8 Å². The van der Waals surface area contributed by atoms with Crippen molar-refractivity contribution in [2.45, 2.75) is 25.6 Å². The smallest absolute Gasteiger partial charge is 0.317 e. The Labute approximate surface area is 253 Å². The van der Waals surface area contributed by atoms with E-state index in [0.29, 0.717) is 10.9 Å². The predicted octanol–water partition coefficient (Wildman–Crippen LogP) is 0.742. The fourth-order valence-electron chi connectivity index (χ4n) is 4.69. The number of rotatable bonds is 17. The maximum atomic E-state index is 13.2. The molecule has 13 heteroatoms. The van der Waals surface area contributed by atoms with E-state index in [1.54, 1.807) is 49.4 Å². The topological polar surface area (TPSA) is 197 Å². The van der Waals surface area contributed by atoms with Gasteiger partial charge in [-0.2, -0.15) is 0 Å². The minimum absolute atomic E-state index is 0.0747. The predicted molar refractivity (Wildman–Crippen MR) is 160 cm³/mol. The number of fused-ring (bicyclic) bond motifs is 1. The van der Waals surface area contributed by atoms with Crippen molar-refractivity contribution in [3.63, 3.8) is 0 Å². The summed E-state index contributed by atoms with van der Waals surface area (Å²) in [6.45, 7) is -0.448. The molecule has 2 atom stereocenters. The summed E-state index contributed by atoms with van der Waals surface area (Å²) in [5, 5.41) is 45.4. The third-order valence-electron chi connectivity index (χ3n) is 6.81. The summed E-state index contributed by atoms with van der Waals surface area (Å²) >= 11 is 0. The number of aliphatic carboxylic acids is 2. The molecule has 0 aliphatic rings. The molecule has 234 valence electrons. The van der Waals surface area contributed by atoms with Crippen molar-refractivity contribution in [3.8, 4) is 5.75 Å². The van der Waals surface area contributed by atoms with E-state index in [1.807, 2.05) is 18.2 Å². The van der Waals surface area contributed by atoms with Crippen LogP contribution in [0.5, 0.6) is 5.75 Å². The van der Waals surface area contributed by atoms with Crippen LogP contribution in [0.4, 0.5) is 0 Å². The Kier molecular flexibility index (Phi) is 12.3. The average molecular weight is 609 g/mol. The van der Waals surface area contributed by atoms with Crippen molar-refractivity contribution in [1.82, 2.24) is 20.4 Å². The van der Waals surface area contributed by atoms with E-state index in [4.69, 9.17) is 10.2 Å². The van der Waals surface area contributed by atoms with E-state index in [0.717, 1.165) is 15.8 Å². The molecule has 0 saturated heterocycles. The Hall–Kier alpha value is -4.85. The molecule has 2 unspecified atom stereocenters. The zero-order valence-electron chi connectivity index (χ0n) is 24.2. The number of hydrogen-bond donors (Lipinski definition) is 6. The summed E-state index contributed by atoms with van der Waals surface area (Å²) in [4.78, 5) is 63.5. The normalized spacial score (nSPS) is 12.5. The van der Waals surface area contributed by atoms with Crippen molar-refractivity contribution in [2.24, 2.45) is 0 Å². The molecule has 0 bridgehead atoms. The summed E-state index contributed by atoms with van der Waals surface area (Å²) in [6, 6.07) is 18.9. The van der Waals surface area contributed by atoms with Crippen molar-refractivity contribution >= 4 is 40.3 Å². The van der Waals surface area contributed by atoms with Crippen LogP contribution < -0.4 is 10.6 Å². The van der Waals surface area contributed by atoms with Crippen molar-refractivity contribution in [3.05, 3.63) is 77.9 Å². The number of carbonyl (C=O) groups is 5. The number of carboxylic acid groups (broad SMARTS) is 2. The third kappa shape index (κ3) is 10.5. The molecule has 0 radical (unpaired) electrons. The second-order valence-electron chi connectivity index (χ2n) is 10.3. The fraction of sp³-hybridized carbons (Fsp3) is 0.323. The first kappa shape index (κ1) is 33.6. The molecule has 0 aliphatic carbocycles. The fourth-order valence-corrected chi connectivity index (χ4v) is 4.69. The molecule has 0 fully saturated rings. The van der Waals surface area contributed by atoms with Gasteiger partial charge in [-0.1, -0.05) is 60.7 Å². The lowest BCUT2D eigenvalue weighted by Crippen LogP contribution is -2.51. The van der Waals surface area contributed by atoms with Gasteiger partial charge in [0, 0.05) is 25.1 Å². The van der Waals surface area contributed by atoms with Crippen LogP contribution in [-0.4, -0.2) is 105 Å². The molecule has 3 aromatic rings. The van der Waals surface area contributed by atoms with Gasteiger partial charge in [-0.15, -0.1) is 0 Å². The van der Waals surface area contributed by atoms with Crippen molar-refractivity contribution < 1.29 is 44.4 Å². The molecule has 44 heavy (non-hydrogen) atoms. The number of nitrogens with one attached hydrogen (secondary N) is 2. The minimum atomic E-state index is -1.89. The lowest BCUT2D eigenvalue weighted by molar-refractivity contribution is -0.142. The number of aromatic hydroxyl groups is 1. The highest BCUT2D eigenvalue weighted by Gasteiger charge is 2.24. The molecular weight excluding hydrogens is 572 g/mol. The highest BCUT2D eigenvalue weighted by Crippen LogP contribution is 2.27. The Morgan fingerprint density at radius 1 is 0.750 bits per heavy atom. The largest absolute Gasteiger partial charge is 0.508 e. The van der Waals surface area contributed by atoms with Crippen LogP contribution in [0.2, 0.25) is 0 Å². The van der Waals surface area contributed by atoms with Crippen molar-refractivity contribution in [1.29, 1.82) is 0 Å². The van der Waals surface area contributed by atoms with E-state index in [2.05, 4.69) is 10.6 Å². The first-order valence-corrected chi connectivity index (χ1v) is 13.8. The molecule has 3 aromatic carbocycles. The number of aliphatic hydroxyl groups excluding tert-OH is 1. The molecule has 0 aliphatic heterocycles. The highest BCUT2D eigenvalue weighted by atomic mass is 16.4. The maximum absolute atomic E-state index is 13.2. The van der Waals surface area contributed by atoms with Gasteiger partial charge in [0.1, 0.15) is 5.75 Å². The van der Waals surface area contributed by atoms with Gasteiger partial charge >= 0.3 is 11.9 Å². The van der Waals surface area contributed by atoms with Crippen LogP contribution in [0.15, 0.2) is 66.7 Å². The molecule has 13 nitrogen and oxygen atoms in total. The Bertz CT molecular complexity index is 1470. The van der Waals surface area contributed by atoms with Gasteiger partial charge in [0.15, 0.2) is 5.78 Å². The number of aliphatic hydroxyl groups is 1. The van der Waals surface area contributed by atoms with Crippen LogP contribution in [0.3, 0.4) is 0 Å². The number of ketones is 1. The van der Waals surface area contributed by atoms with Crippen LogP contribution in [0.25, 0.3) is 10.8 Å². The van der Waals surface area contributed by atoms with Crippen LogP contribution in [-0.2, 0) is 30.4 Å². The Balaban J connectivity index is 1.69. The summed E-state index contributed by atoms with van der Waals surface area (Å²) in [7, 11) is 0. The minimum Gasteiger partial charge on any atom is -0.508 e. The summed E-state index contributed by atoms with van der Waals surface area (Å²) < 4.78 is 0. The zero-order valence-corrected chi connectivity index (χ0v) is 24.2. The quantitative estimate of drug-likeness (QED) is 0.118. The molecule has 0 heterocycles. The number of nitrogens with zero attached hydrogens (tertiary/aromatic N) is 2. The average Bonchev–Trinajstić information content (AvgIpc) is 2.97. The number of carbonyl (C=O) groups excluding carboxylic acids is 3. The molecule has 3 rings (SSSR count). The third-order valence-corrected chi connectivity index (χ3v) is 6.81. The van der Waals surface area contributed by atoms with Gasteiger partial charge in [0.05, 0.1) is 32.2 Å². The Morgan fingerprint density at radius 2 is 1.34 bits per heavy atom. The second kappa shape index (κ2) is 16.1. The first-order chi connectivity index (χ1) is 20.9. The van der Waals surface area contributed by atoms with Gasteiger partial charge in [0.25, 0.3) is 5.91 Å². The van der Waals surface area contributed by atoms with E-state index >= 15 is 0 Å². The number of amides is 2. The van der Waals surface area contributed by atoms with Gasteiger partial charge < -0.3 is 31.1 Å². The number of benzene rings is 3. The highest BCUT2D eigenvalue weighted by molar-refractivity contribution is 5.93. The first-order valence-electron chi connectivity index (χ1n) is 13.8. The van der Waals surface area contributed by atoms with E-state index in [9.17, 15) is 34.2 Å². The molecule has 0 spiro atoms. The van der Waals surface area contributed by atoms with E-state index in [1.165, 1.54) is 11.0 Å². The number of Topliss-reactive ketones (excluding diaryl/α,β-unsaturated/α-hetero) is 1. The summed E-state index contributed by atoms with van der Waals surface area (Å²) in [5.41, 5.74) is 1.18. The molecule has 6 N–H and O–H groups in total. The zero-order chi connectivity index (χ0) is 32.2. The van der Waals surface area contributed by atoms with Crippen LogP contribution >= 0.6 is 0 Å². The number of carboxylic acids is 2. The number of hydrogen-bond acceptors (Lipinski definition) is 9. The van der Waals surface area contributed by atoms with Gasteiger partial charge in [-0.05, 0) is 29.3 Å². The van der Waals surface area contributed by atoms with Crippen molar-refractivity contribution in [2.75, 3.05) is 39.3 Å². The lowest BCUT2D eigenvalue weighted by atomic mass is 9.99. The number of phenols is 1. The van der Waals surface area contributed by atoms with E-state index in [-0.39, 0.29) is 37.6 Å². The maximum Gasteiger partial charge on any atom is 0.317 e. The lowest BCUT2D eigenvalue weighted by Gasteiger charge is -2.26. The second-order valence-corrected chi connectivity index (χ2v) is 10.3. The summed E-state index contributed by atoms with van der Waals surface area (Å²) in [5.74, 6) is -4.62. The number of phenolic OH excluding ortho intramolecular Hbond substituents is 1.